The summed E-state index contributed by atoms with van der Waals surface area (Å²) < 4.78 is -0.845. The molecule has 2 atom stereocenters. The SMILES string of the molecule is CC(c1ccccc1)N(C)C(=O)C1CC1(Cl)Cl. The fraction of sp³-hybridized carbons (Fsp3) is 0.462. The lowest BCUT2D eigenvalue weighted by Gasteiger charge is -2.25. The minimum absolute atomic E-state index is 0.0198. The molecule has 1 amide bonds. The number of rotatable bonds is 3. The fourth-order valence-corrected chi connectivity index (χ4v) is 2.37. The van der Waals surface area contributed by atoms with Crippen LogP contribution in [0.2, 0.25) is 0 Å². The minimum Gasteiger partial charge on any atom is -0.339 e. The molecule has 0 N–H and O–H groups in total. The van der Waals surface area contributed by atoms with Crippen LogP contribution in [0.5, 0.6) is 0 Å². The van der Waals surface area contributed by atoms with E-state index in [1.165, 1.54) is 0 Å². The number of hydrogen-bond acceptors (Lipinski definition) is 1. The van der Waals surface area contributed by atoms with Crippen LogP contribution in [-0.2, 0) is 4.79 Å². The third kappa shape index (κ3) is 2.58. The van der Waals surface area contributed by atoms with Crippen LogP contribution in [0.3, 0.4) is 0 Å². The van der Waals surface area contributed by atoms with E-state index < -0.39 is 4.33 Å². The topological polar surface area (TPSA) is 20.3 Å². The van der Waals surface area contributed by atoms with Crippen molar-refractivity contribution in [3.8, 4) is 0 Å². The van der Waals surface area contributed by atoms with Crippen LogP contribution in [-0.4, -0.2) is 22.2 Å². The highest BCUT2D eigenvalue weighted by Gasteiger charge is 2.57. The maximum absolute atomic E-state index is 12.1. The van der Waals surface area contributed by atoms with Crippen molar-refractivity contribution in [2.45, 2.75) is 23.7 Å². The van der Waals surface area contributed by atoms with E-state index in [9.17, 15) is 4.79 Å². The Morgan fingerprint density at radius 1 is 1.41 bits per heavy atom. The summed E-state index contributed by atoms with van der Waals surface area (Å²) in [5.41, 5.74) is 1.11. The van der Waals surface area contributed by atoms with Crippen molar-refractivity contribution < 1.29 is 4.79 Å². The second-order valence-corrected chi connectivity index (χ2v) is 6.10. The Morgan fingerprint density at radius 3 is 2.41 bits per heavy atom. The summed E-state index contributed by atoms with van der Waals surface area (Å²) in [5.74, 6) is -0.228. The fourth-order valence-electron chi connectivity index (χ4n) is 1.87. The molecule has 1 saturated carbocycles. The second-order valence-electron chi connectivity index (χ2n) is 4.55. The van der Waals surface area contributed by atoms with Crippen molar-refractivity contribution in [2.75, 3.05) is 7.05 Å². The Hall–Kier alpha value is -0.730. The van der Waals surface area contributed by atoms with E-state index in [0.29, 0.717) is 6.42 Å². The van der Waals surface area contributed by atoms with E-state index in [0.717, 1.165) is 5.56 Å². The van der Waals surface area contributed by atoms with Gasteiger partial charge in [0, 0.05) is 7.05 Å². The van der Waals surface area contributed by atoms with Gasteiger partial charge in [-0.3, -0.25) is 4.79 Å². The molecule has 92 valence electrons. The van der Waals surface area contributed by atoms with E-state index in [1.807, 2.05) is 37.3 Å². The maximum Gasteiger partial charge on any atom is 0.229 e. The summed E-state index contributed by atoms with van der Waals surface area (Å²) in [7, 11) is 1.79. The van der Waals surface area contributed by atoms with Crippen LogP contribution >= 0.6 is 23.2 Å². The first-order chi connectivity index (χ1) is 7.93. The molecule has 1 aliphatic carbocycles. The van der Waals surface area contributed by atoms with Crippen LogP contribution in [0.1, 0.15) is 24.9 Å². The van der Waals surface area contributed by atoms with Gasteiger partial charge in [0.25, 0.3) is 0 Å². The Balaban J connectivity index is 2.06. The lowest BCUT2D eigenvalue weighted by atomic mass is 10.1. The molecule has 1 aliphatic rings. The lowest BCUT2D eigenvalue weighted by molar-refractivity contribution is -0.133. The van der Waals surface area contributed by atoms with Crippen molar-refractivity contribution in [1.82, 2.24) is 4.90 Å². The van der Waals surface area contributed by atoms with Gasteiger partial charge < -0.3 is 4.90 Å². The van der Waals surface area contributed by atoms with Gasteiger partial charge in [0.05, 0.1) is 12.0 Å². The van der Waals surface area contributed by atoms with E-state index in [1.54, 1.807) is 11.9 Å². The number of benzene rings is 1. The number of hydrogen-bond donors (Lipinski definition) is 0. The van der Waals surface area contributed by atoms with Gasteiger partial charge in [-0.1, -0.05) is 30.3 Å². The minimum atomic E-state index is -0.845. The van der Waals surface area contributed by atoms with Gasteiger partial charge in [-0.15, -0.1) is 23.2 Å². The van der Waals surface area contributed by atoms with Gasteiger partial charge >= 0.3 is 0 Å². The second kappa shape index (κ2) is 4.51. The molecule has 0 aliphatic heterocycles. The Morgan fingerprint density at radius 2 is 1.94 bits per heavy atom. The molecule has 2 nitrogen and oxygen atoms in total. The van der Waals surface area contributed by atoms with Crippen LogP contribution in [0, 0.1) is 5.92 Å². The van der Waals surface area contributed by atoms with E-state index >= 15 is 0 Å². The molecule has 0 spiro atoms. The quantitative estimate of drug-likeness (QED) is 0.772. The largest absolute Gasteiger partial charge is 0.339 e. The number of carbonyl (C=O) groups excluding carboxylic acids is 1. The molecule has 2 unspecified atom stereocenters. The highest BCUT2D eigenvalue weighted by molar-refractivity contribution is 6.52. The third-order valence-electron chi connectivity index (χ3n) is 3.33. The molecule has 0 bridgehead atoms. The highest BCUT2D eigenvalue weighted by Crippen LogP contribution is 2.54. The number of halogens is 2. The number of carbonyl (C=O) groups is 1. The van der Waals surface area contributed by atoms with Crippen LogP contribution < -0.4 is 0 Å². The molecule has 0 aromatic heterocycles. The molecule has 0 saturated heterocycles. The van der Waals surface area contributed by atoms with Crippen molar-refractivity contribution in [2.24, 2.45) is 5.92 Å². The van der Waals surface area contributed by atoms with Crippen molar-refractivity contribution >= 4 is 29.1 Å². The van der Waals surface area contributed by atoms with Gasteiger partial charge in [0.1, 0.15) is 4.33 Å². The van der Waals surface area contributed by atoms with E-state index in [4.69, 9.17) is 23.2 Å². The molecule has 4 heteroatoms. The summed E-state index contributed by atoms with van der Waals surface area (Å²) in [4.78, 5) is 13.8. The van der Waals surface area contributed by atoms with E-state index in [2.05, 4.69) is 0 Å². The van der Waals surface area contributed by atoms with Crippen molar-refractivity contribution in [3.05, 3.63) is 35.9 Å². The van der Waals surface area contributed by atoms with Gasteiger partial charge in [-0.25, -0.2) is 0 Å². The summed E-state index contributed by atoms with van der Waals surface area (Å²) in [6, 6.07) is 9.95. The summed E-state index contributed by atoms with van der Waals surface area (Å²) in [6.45, 7) is 2.00. The molecule has 1 aromatic rings. The molecular formula is C13H15Cl2NO. The zero-order valence-corrected chi connectivity index (χ0v) is 11.4. The van der Waals surface area contributed by atoms with Gasteiger partial charge in [0.15, 0.2) is 0 Å². The zero-order valence-electron chi connectivity index (χ0n) is 9.86. The van der Waals surface area contributed by atoms with Crippen LogP contribution in [0.15, 0.2) is 30.3 Å². The Bertz CT molecular complexity index is 419. The molecular weight excluding hydrogens is 257 g/mol. The Kier molecular flexibility index (Phi) is 3.37. The highest BCUT2D eigenvalue weighted by atomic mass is 35.5. The number of amides is 1. The lowest BCUT2D eigenvalue weighted by Crippen LogP contribution is -2.32. The summed E-state index contributed by atoms with van der Waals surface area (Å²) >= 11 is 11.8. The van der Waals surface area contributed by atoms with Crippen LogP contribution in [0.25, 0.3) is 0 Å². The first-order valence-electron chi connectivity index (χ1n) is 5.63. The van der Waals surface area contributed by atoms with Gasteiger partial charge in [-0.05, 0) is 18.9 Å². The predicted octanol–water partition coefficient (Wildman–Crippen LogP) is 3.40. The normalized spacial score (nSPS) is 22.9. The Labute approximate surface area is 112 Å². The maximum atomic E-state index is 12.1. The molecule has 2 rings (SSSR count). The zero-order chi connectivity index (χ0) is 12.6. The third-order valence-corrected chi connectivity index (χ3v) is 4.17. The molecule has 1 aromatic carbocycles. The van der Waals surface area contributed by atoms with E-state index in [-0.39, 0.29) is 17.9 Å². The van der Waals surface area contributed by atoms with Gasteiger partial charge in [-0.2, -0.15) is 0 Å². The average Bonchev–Trinajstić information content (AvgIpc) is 2.97. The summed E-state index contributed by atoms with van der Waals surface area (Å²) in [5, 5.41) is 0. The first kappa shape index (κ1) is 12.7. The molecule has 0 heterocycles. The standard InChI is InChI=1S/C13H15Cl2NO/c1-9(10-6-4-3-5-7-10)16(2)12(17)11-8-13(11,14)15/h3-7,9,11H,8H2,1-2H3. The molecule has 1 fully saturated rings. The summed E-state index contributed by atoms with van der Waals surface area (Å²) in [6.07, 6.45) is 0.556. The number of alkyl halides is 2. The number of nitrogens with zero attached hydrogens (tertiary/aromatic N) is 1. The van der Waals surface area contributed by atoms with Gasteiger partial charge in [0.2, 0.25) is 5.91 Å². The molecule has 17 heavy (non-hydrogen) atoms. The van der Waals surface area contributed by atoms with Crippen molar-refractivity contribution in [3.63, 3.8) is 0 Å². The van der Waals surface area contributed by atoms with Crippen molar-refractivity contribution in [1.29, 1.82) is 0 Å². The predicted molar refractivity (Wildman–Crippen MR) is 70.2 cm³/mol. The first-order valence-corrected chi connectivity index (χ1v) is 6.38. The van der Waals surface area contributed by atoms with Crippen LogP contribution in [0.4, 0.5) is 0 Å². The smallest absolute Gasteiger partial charge is 0.229 e. The molecule has 0 radical (unpaired) electrons. The monoisotopic (exact) mass is 271 g/mol. The average molecular weight is 272 g/mol.